The van der Waals surface area contributed by atoms with Crippen molar-refractivity contribution >= 4 is 28.4 Å². The fourth-order valence-corrected chi connectivity index (χ4v) is 5.32. The molecule has 0 bridgehead atoms. The fourth-order valence-electron chi connectivity index (χ4n) is 5.32. The molecule has 4 aromatic rings. The molecule has 2 aliphatic rings. The molecular formula is C31H29FN6O. The number of hydrogen-bond donors (Lipinski definition) is 2. The minimum Gasteiger partial charge on any atom is -0.368 e. The molecule has 8 heteroatoms. The van der Waals surface area contributed by atoms with Crippen molar-refractivity contribution in [3.63, 3.8) is 0 Å². The maximum atomic E-state index is 15.5. The molecule has 3 heterocycles. The number of anilines is 2. The van der Waals surface area contributed by atoms with Crippen LogP contribution in [-0.2, 0) is 6.54 Å². The van der Waals surface area contributed by atoms with E-state index in [1.807, 2.05) is 50.4 Å². The van der Waals surface area contributed by atoms with Crippen molar-refractivity contribution < 1.29 is 9.18 Å². The van der Waals surface area contributed by atoms with E-state index in [-0.39, 0.29) is 17.9 Å². The van der Waals surface area contributed by atoms with Crippen molar-refractivity contribution in [3.05, 3.63) is 94.2 Å². The van der Waals surface area contributed by atoms with E-state index in [1.54, 1.807) is 24.4 Å². The number of hydrogen-bond acceptors (Lipinski definition) is 6. The van der Waals surface area contributed by atoms with Gasteiger partial charge in [0.15, 0.2) is 0 Å². The lowest BCUT2D eigenvalue weighted by Crippen LogP contribution is -2.55. The van der Waals surface area contributed by atoms with Crippen LogP contribution in [0.2, 0.25) is 0 Å². The maximum absolute atomic E-state index is 15.5. The third-order valence-corrected chi connectivity index (χ3v) is 7.59. The molecule has 1 aromatic heterocycles. The zero-order chi connectivity index (χ0) is 27.1. The number of nitrogens with one attached hydrogen (secondary N) is 1. The Bertz CT molecular complexity index is 1660. The highest BCUT2D eigenvalue weighted by atomic mass is 19.1. The van der Waals surface area contributed by atoms with E-state index >= 15 is 4.39 Å². The minimum absolute atomic E-state index is 0.159. The van der Waals surface area contributed by atoms with Crippen LogP contribution >= 0.6 is 0 Å². The van der Waals surface area contributed by atoms with Crippen molar-refractivity contribution in [2.75, 3.05) is 37.7 Å². The van der Waals surface area contributed by atoms with Crippen LogP contribution in [0.3, 0.4) is 0 Å². The molecule has 3 aromatic carbocycles. The van der Waals surface area contributed by atoms with Gasteiger partial charge in [0.25, 0.3) is 5.91 Å². The number of carbonyl (C=O) groups excluding carboxylic acids is 1. The number of alkyl halides is 1. The molecule has 3 N–H and O–H groups in total. The number of aryl methyl sites for hydroxylation is 1. The maximum Gasteiger partial charge on any atom is 0.255 e. The van der Waals surface area contributed by atoms with Gasteiger partial charge in [0, 0.05) is 60.1 Å². The molecule has 6 rings (SSSR count). The number of carbonyl (C=O) groups is 1. The van der Waals surface area contributed by atoms with Gasteiger partial charge in [0.1, 0.15) is 6.17 Å². The Kier molecular flexibility index (Phi) is 6.47. The van der Waals surface area contributed by atoms with Crippen molar-refractivity contribution in [3.8, 4) is 11.8 Å². The number of nitrogen functional groups attached to an aromatic ring is 1. The number of nitrogens with zero attached hydrogens (tertiary/aromatic N) is 4. The average molecular weight is 521 g/mol. The second-order valence-corrected chi connectivity index (χ2v) is 10.4. The molecule has 196 valence electrons. The van der Waals surface area contributed by atoms with Gasteiger partial charge in [-0.25, -0.2) is 14.4 Å². The second kappa shape index (κ2) is 10.1. The highest BCUT2D eigenvalue weighted by Gasteiger charge is 2.38. The number of fused-ring (bicyclic) bond motifs is 3. The first-order valence-electron chi connectivity index (χ1n) is 13.0. The molecule has 0 radical (unpaired) electrons. The van der Waals surface area contributed by atoms with Gasteiger partial charge in [0.05, 0.1) is 11.6 Å². The van der Waals surface area contributed by atoms with E-state index < -0.39 is 6.17 Å². The number of halogens is 1. The SMILES string of the molecule is Cc1ccc(C(=O)Nc2ccc3c(c2)C(F)[C@H]2CN(C)CCN2C3)cc1C#Cc1ccc2cnc(N)nc2c1. The highest BCUT2D eigenvalue weighted by molar-refractivity contribution is 6.04. The second-order valence-electron chi connectivity index (χ2n) is 10.4. The Morgan fingerprint density at radius 1 is 1.10 bits per heavy atom. The van der Waals surface area contributed by atoms with Gasteiger partial charge in [-0.2, -0.15) is 0 Å². The molecule has 1 unspecified atom stereocenters. The zero-order valence-corrected chi connectivity index (χ0v) is 21.9. The molecular weight excluding hydrogens is 491 g/mol. The summed E-state index contributed by atoms with van der Waals surface area (Å²) in [7, 11) is 2.03. The summed E-state index contributed by atoms with van der Waals surface area (Å²) in [5, 5.41) is 3.84. The first kappa shape index (κ1) is 25.0. The number of aromatic nitrogens is 2. The summed E-state index contributed by atoms with van der Waals surface area (Å²) in [5.41, 5.74) is 11.7. The molecule has 2 aliphatic heterocycles. The van der Waals surface area contributed by atoms with Gasteiger partial charge < -0.3 is 16.0 Å². The fraction of sp³-hybridized carbons (Fsp3) is 0.258. The Hall–Kier alpha value is -4.32. The monoisotopic (exact) mass is 520 g/mol. The van der Waals surface area contributed by atoms with Crippen molar-refractivity contribution in [2.45, 2.75) is 25.7 Å². The molecule has 39 heavy (non-hydrogen) atoms. The van der Waals surface area contributed by atoms with Crippen LogP contribution in [0.1, 0.15) is 44.3 Å². The number of nitrogens with two attached hydrogens (primary N) is 1. The van der Waals surface area contributed by atoms with Crippen LogP contribution in [0.25, 0.3) is 10.9 Å². The summed E-state index contributed by atoms with van der Waals surface area (Å²) in [5.74, 6) is 6.30. The lowest BCUT2D eigenvalue weighted by Gasteiger charge is -2.45. The lowest BCUT2D eigenvalue weighted by atomic mass is 9.90. The Labute approximate surface area is 226 Å². The molecule has 0 aliphatic carbocycles. The summed E-state index contributed by atoms with van der Waals surface area (Å²) in [4.78, 5) is 25.8. The van der Waals surface area contributed by atoms with E-state index in [4.69, 9.17) is 5.73 Å². The van der Waals surface area contributed by atoms with Gasteiger partial charge >= 0.3 is 0 Å². The predicted octanol–water partition coefficient (Wildman–Crippen LogP) is 4.31. The van der Waals surface area contributed by atoms with Crippen LogP contribution in [0.5, 0.6) is 0 Å². The first-order chi connectivity index (χ1) is 18.8. The number of rotatable bonds is 2. The summed E-state index contributed by atoms with van der Waals surface area (Å²) in [6.07, 6.45) is 0.591. The number of benzene rings is 3. The Morgan fingerprint density at radius 2 is 1.97 bits per heavy atom. The van der Waals surface area contributed by atoms with Crippen LogP contribution in [0.15, 0.2) is 60.8 Å². The molecule has 0 saturated carbocycles. The standard InChI is InChI=1S/C31H29FN6O/c1-19-3-6-22(14-21(19)7-4-20-5-8-23-16-34-31(33)36-27(23)13-20)30(39)35-25-10-9-24-17-38-12-11-37(2)18-28(38)29(32)26(24)15-25/h3,5-6,8-10,13-16,28-29H,11-12,17-18H2,1-2H3,(H,35,39)(H2,33,34,36)/t28-,29?/m1/s1. The third kappa shape index (κ3) is 5.07. The van der Waals surface area contributed by atoms with E-state index in [2.05, 4.69) is 36.9 Å². The Morgan fingerprint density at radius 3 is 2.85 bits per heavy atom. The zero-order valence-electron chi connectivity index (χ0n) is 21.9. The number of likely N-dealkylation sites (N-methyl/N-ethyl adjacent to an activating group) is 1. The topological polar surface area (TPSA) is 87.4 Å². The smallest absolute Gasteiger partial charge is 0.255 e. The normalized spacial score (nSPS) is 19.1. The molecule has 7 nitrogen and oxygen atoms in total. The lowest BCUT2D eigenvalue weighted by molar-refractivity contribution is 0.0201. The van der Waals surface area contributed by atoms with Gasteiger partial charge in [-0.15, -0.1) is 0 Å². The molecule has 2 atom stereocenters. The van der Waals surface area contributed by atoms with Gasteiger partial charge in [-0.3, -0.25) is 9.69 Å². The largest absolute Gasteiger partial charge is 0.368 e. The van der Waals surface area contributed by atoms with E-state index in [1.165, 1.54) is 0 Å². The van der Waals surface area contributed by atoms with Crippen LogP contribution in [0.4, 0.5) is 16.0 Å². The van der Waals surface area contributed by atoms with Gasteiger partial charge in [-0.1, -0.05) is 30.0 Å². The summed E-state index contributed by atoms with van der Waals surface area (Å²) < 4.78 is 15.5. The number of amides is 1. The van der Waals surface area contributed by atoms with Crippen molar-refractivity contribution in [1.82, 2.24) is 19.8 Å². The summed E-state index contributed by atoms with van der Waals surface area (Å²) in [6.45, 7) is 5.20. The van der Waals surface area contributed by atoms with Crippen LogP contribution in [-0.4, -0.2) is 58.4 Å². The minimum atomic E-state index is -1.09. The predicted molar refractivity (Wildman–Crippen MR) is 151 cm³/mol. The molecule has 1 fully saturated rings. The highest BCUT2D eigenvalue weighted by Crippen LogP contribution is 2.37. The van der Waals surface area contributed by atoms with Gasteiger partial charge in [-0.05, 0) is 67.1 Å². The quantitative estimate of drug-likeness (QED) is 0.383. The number of piperazine rings is 1. The first-order valence-corrected chi connectivity index (χ1v) is 13.0. The average Bonchev–Trinajstić information content (AvgIpc) is 2.93. The molecule has 1 saturated heterocycles. The van der Waals surface area contributed by atoms with Crippen LogP contribution in [0, 0.1) is 18.8 Å². The van der Waals surface area contributed by atoms with Crippen molar-refractivity contribution in [1.29, 1.82) is 0 Å². The summed E-state index contributed by atoms with van der Waals surface area (Å²) >= 11 is 0. The molecule has 1 amide bonds. The Balaban J connectivity index is 1.21. The van der Waals surface area contributed by atoms with E-state index in [9.17, 15) is 4.79 Å². The van der Waals surface area contributed by atoms with Crippen LogP contribution < -0.4 is 11.1 Å². The van der Waals surface area contributed by atoms with E-state index in [0.29, 0.717) is 23.4 Å². The van der Waals surface area contributed by atoms with Crippen molar-refractivity contribution in [2.24, 2.45) is 0 Å². The third-order valence-electron chi connectivity index (χ3n) is 7.59. The van der Waals surface area contributed by atoms with E-state index in [0.717, 1.165) is 52.8 Å². The molecule has 0 spiro atoms. The summed E-state index contributed by atoms with van der Waals surface area (Å²) in [6, 6.07) is 16.5. The van der Waals surface area contributed by atoms with Gasteiger partial charge in [0.2, 0.25) is 5.95 Å².